The number of pyridine rings is 1. The summed E-state index contributed by atoms with van der Waals surface area (Å²) < 4.78 is 2.01. The van der Waals surface area contributed by atoms with Crippen LogP contribution in [0.1, 0.15) is 11.4 Å². The standard InChI is InChI=1S/C22H18ClN3.2ClH.Ni/c23-15-19-12-7-13-20(24-19)16-26-22(18-10-5-2-6-11-18)14-21(25-26)17-8-3-1-4-9-17;;;/h1-14H,15-16H2;2*1H;/q;;;+2/p-2. The second kappa shape index (κ2) is 11.4. The van der Waals surface area contributed by atoms with Crippen LogP contribution in [0.4, 0.5) is 0 Å². The van der Waals surface area contributed by atoms with Crippen LogP contribution in [0.5, 0.6) is 0 Å². The number of alkyl halides is 1. The zero-order chi connectivity index (χ0) is 20.5. The quantitative estimate of drug-likeness (QED) is 0.229. The van der Waals surface area contributed by atoms with Gasteiger partial charge in [-0.25, -0.2) is 0 Å². The van der Waals surface area contributed by atoms with E-state index in [1.54, 1.807) is 0 Å². The third kappa shape index (κ3) is 6.07. The molecule has 0 N–H and O–H groups in total. The molecule has 0 spiro atoms. The fourth-order valence-electron chi connectivity index (χ4n) is 2.97. The first-order valence-corrected chi connectivity index (χ1v) is 12.0. The summed E-state index contributed by atoms with van der Waals surface area (Å²) in [7, 11) is 9.40. The minimum absolute atomic E-state index is 0.410. The molecule has 0 radical (unpaired) electrons. The van der Waals surface area contributed by atoms with Gasteiger partial charge in [-0.3, -0.25) is 9.67 Å². The van der Waals surface area contributed by atoms with E-state index < -0.39 is 0 Å². The van der Waals surface area contributed by atoms with E-state index in [1.165, 1.54) is 0 Å². The van der Waals surface area contributed by atoms with Crippen molar-refractivity contribution >= 4 is 32.0 Å². The molecule has 152 valence electrons. The zero-order valence-electron chi connectivity index (χ0n) is 15.3. The Morgan fingerprint density at radius 1 is 0.759 bits per heavy atom. The van der Waals surface area contributed by atoms with Gasteiger partial charge >= 0.3 is 33.0 Å². The van der Waals surface area contributed by atoms with Crippen LogP contribution in [0.3, 0.4) is 0 Å². The molecule has 0 aliphatic carbocycles. The Hall–Kier alpha value is -1.84. The van der Waals surface area contributed by atoms with Gasteiger partial charge in [0.2, 0.25) is 0 Å². The summed E-state index contributed by atoms with van der Waals surface area (Å²) in [6.45, 7) is 0.599. The number of hydrogen-bond donors (Lipinski definition) is 0. The number of rotatable bonds is 5. The van der Waals surface area contributed by atoms with Crippen LogP contribution in [0.25, 0.3) is 22.5 Å². The number of nitrogens with zero attached hydrogens (tertiary/aromatic N) is 3. The monoisotopic (exact) mass is 487 g/mol. The van der Waals surface area contributed by atoms with E-state index in [0.29, 0.717) is 25.1 Å². The molecule has 4 aromatic rings. The fourth-order valence-corrected chi connectivity index (χ4v) is 3.12. The molecule has 3 nitrogen and oxygen atoms in total. The normalized spacial score (nSPS) is 10.4. The van der Waals surface area contributed by atoms with Crippen LogP contribution in [0, 0.1) is 0 Å². The number of aromatic nitrogens is 3. The summed E-state index contributed by atoms with van der Waals surface area (Å²) in [5.41, 5.74) is 6.09. The number of hydrogen-bond acceptors (Lipinski definition) is 2. The Balaban J connectivity index is 0.000000755. The third-order valence-electron chi connectivity index (χ3n) is 4.23. The molecule has 0 aliphatic heterocycles. The summed E-state index contributed by atoms with van der Waals surface area (Å²) >= 11 is 6.50. The van der Waals surface area contributed by atoms with Crippen molar-refractivity contribution in [1.82, 2.24) is 14.8 Å². The zero-order valence-corrected chi connectivity index (χ0v) is 18.5. The molecule has 7 heteroatoms. The van der Waals surface area contributed by atoms with Crippen molar-refractivity contribution in [3.05, 3.63) is 96.3 Å². The van der Waals surface area contributed by atoms with Gasteiger partial charge in [-0.05, 0) is 23.8 Å². The van der Waals surface area contributed by atoms with Crippen molar-refractivity contribution < 1.29 is 12.7 Å². The molecule has 0 saturated heterocycles. The molecule has 2 heterocycles. The van der Waals surface area contributed by atoms with Crippen molar-refractivity contribution in [2.45, 2.75) is 12.4 Å². The third-order valence-corrected chi connectivity index (χ3v) is 4.51. The van der Waals surface area contributed by atoms with Gasteiger partial charge in [-0.1, -0.05) is 66.7 Å². The first-order valence-electron chi connectivity index (χ1n) is 8.77. The molecule has 0 unspecified atom stereocenters. The summed E-state index contributed by atoms with van der Waals surface area (Å²) in [5.74, 6) is 0.410. The van der Waals surface area contributed by atoms with Crippen LogP contribution < -0.4 is 0 Å². The SMILES string of the molecule is ClCc1cccc(Cn2nc(-c3ccccc3)cc2-c2ccccc2)n1.[Cl][Ni][Cl]. The Bertz CT molecular complexity index is 1020. The van der Waals surface area contributed by atoms with E-state index in [9.17, 15) is 0 Å². The average Bonchev–Trinajstić information content (AvgIpc) is 3.19. The Labute approximate surface area is 190 Å². The molecule has 0 bridgehead atoms. The molecule has 4 rings (SSSR count). The van der Waals surface area contributed by atoms with Crippen LogP contribution in [0.15, 0.2) is 84.9 Å². The Kier molecular flexibility index (Phi) is 8.58. The summed E-state index contributed by atoms with van der Waals surface area (Å²) in [5, 5.41) is 4.85. The Morgan fingerprint density at radius 3 is 1.97 bits per heavy atom. The van der Waals surface area contributed by atoms with E-state index in [-0.39, 0.29) is 0 Å². The summed E-state index contributed by atoms with van der Waals surface area (Å²) in [4.78, 5) is 4.61. The fraction of sp³-hybridized carbons (Fsp3) is 0.0909. The van der Waals surface area contributed by atoms with Crippen molar-refractivity contribution in [1.29, 1.82) is 0 Å². The molecular formula is C22H18Cl3N3Ni. The van der Waals surface area contributed by atoms with E-state index in [1.807, 2.05) is 59.3 Å². The van der Waals surface area contributed by atoms with Crippen molar-refractivity contribution in [3.8, 4) is 22.5 Å². The second-order valence-electron chi connectivity index (χ2n) is 6.10. The molecule has 29 heavy (non-hydrogen) atoms. The Morgan fingerprint density at radius 2 is 1.34 bits per heavy atom. The van der Waals surface area contributed by atoms with Gasteiger partial charge in [0.15, 0.2) is 0 Å². The molecule has 0 saturated carbocycles. The van der Waals surface area contributed by atoms with Gasteiger partial charge in [0.05, 0.1) is 35.2 Å². The number of benzene rings is 2. The van der Waals surface area contributed by atoms with Crippen molar-refractivity contribution in [2.24, 2.45) is 0 Å². The average molecular weight is 489 g/mol. The predicted molar refractivity (Wildman–Crippen MR) is 118 cm³/mol. The molecule has 0 aliphatic rings. The van der Waals surface area contributed by atoms with Gasteiger partial charge in [0.1, 0.15) is 0 Å². The molecule has 0 fully saturated rings. The van der Waals surface area contributed by atoms with Gasteiger partial charge < -0.3 is 0 Å². The molecular weight excluding hydrogens is 471 g/mol. The minimum atomic E-state index is 0.410. The maximum absolute atomic E-state index is 5.93. The van der Waals surface area contributed by atoms with Crippen LogP contribution in [-0.4, -0.2) is 14.8 Å². The number of halogens is 3. The van der Waals surface area contributed by atoms with Gasteiger partial charge in [-0.15, -0.1) is 11.6 Å². The summed E-state index contributed by atoms with van der Waals surface area (Å²) in [6, 6.07) is 28.6. The molecule has 2 aromatic heterocycles. The predicted octanol–water partition coefficient (Wildman–Crippen LogP) is 6.78. The van der Waals surface area contributed by atoms with E-state index in [0.717, 1.165) is 33.9 Å². The van der Waals surface area contributed by atoms with E-state index in [2.05, 4.69) is 35.3 Å². The van der Waals surface area contributed by atoms with E-state index in [4.69, 9.17) is 37.1 Å². The maximum atomic E-state index is 5.93. The topological polar surface area (TPSA) is 30.7 Å². The van der Waals surface area contributed by atoms with Crippen LogP contribution in [0.2, 0.25) is 0 Å². The van der Waals surface area contributed by atoms with Gasteiger partial charge in [-0.2, -0.15) is 5.10 Å². The van der Waals surface area contributed by atoms with E-state index >= 15 is 0 Å². The van der Waals surface area contributed by atoms with Crippen molar-refractivity contribution in [2.75, 3.05) is 0 Å². The van der Waals surface area contributed by atoms with Gasteiger partial charge in [0.25, 0.3) is 0 Å². The molecule has 0 atom stereocenters. The first-order chi connectivity index (χ1) is 14.2. The van der Waals surface area contributed by atoms with Crippen molar-refractivity contribution in [3.63, 3.8) is 0 Å². The first kappa shape index (κ1) is 21.9. The van der Waals surface area contributed by atoms with Gasteiger partial charge in [0, 0.05) is 5.56 Å². The summed E-state index contributed by atoms with van der Waals surface area (Å²) in [6.07, 6.45) is 0. The molecule has 2 aromatic carbocycles. The van der Waals surface area contributed by atoms with Crippen LogP contribution in [-0.2, 0) is 25.1 Å². The molecule has 0 amide bonds. The second-order valence-corrected chi connectivity index (χ2v) is 8.00. The van der Waals surface area contributed by atoms with Crippen LogP contribution >= 0.6 is 32.0 Å².